The average Bonchev–Trinajstić information content (AvgIpc) is 2.91. The Hall–Kier alpha value is -1.33. The first-order chi connectivity index (χ1) is 10.0. The number of nitrogens with one attached hydrogen (secondary N) is 2. The van der Waals surface area contributed by atoms with E-state index in [-0.39, 0.29) is 17.2 Å². The lowest BCUT2D eigenvalue weighted by Gasteiger charge is -2.23. The van der Waals surface area contributed by atoms with Gasteiger partial charge in [0, 0.05) is 19.7 Å². The molecular formula is C15H22ClN3O2. The standard InChI is InChI=1S/C15H22ClN3O2/c1-3-8-17-12-6-5-11(16)13(19-12)14(20)18-10-15(2)7-4-9-21-15/h5-6H,3-4,7-10H2,1-2H3,(H,17,19)(H,18,20). The third-order valence-electron chi connectivity index (χ3n) is 3.54. The Kier molecular flexibility index (Phi) is 5.42. The maximum absolute atomic E-state index is 12.2. The van der Waals surface area contributed by atoms with Gasteiger partial charge in [0.2, 0.25) is 0 Å². The van der Waals surface area contributed by atoms with Gasteiger partial charge in [-0.2, -0.15) is 0 Å². The molecule has 6 heteroatoms. The van der Waals surface area contributed by atoms with Crippen molar-refractivity contribution in [2.24, 2.45) is 0 Å². The molecule has 1 aliphatic rings. The maximum Gasteiger partial charge on any atom is 0.271 e. The number of nitrogens with zero attached hydrogens (tertiary/aromatic N) is 1. The Labute approximate surface area is 130 Å². The fourth-order valence-corrected chi connectivity index (χ4v) is 2.47. The minimum Gasteiger partial charge on any atom is -0.373 e. The molecule has 0 aliphatic carbocycles. The van der Waals surface area contributed by atoms with Crippen LogP contribution in [0.5, 0.6) is 0 Å². The van der Waals surface area contributed by atoms with Gasteiger partial charge in [0.15, 0.2) is 0 Å². The molecule has 0 bridgehead atoms. The molecule has 0 radical (unpaired) electrons. The van der Waals surface area contributed by atoms with E-state index in [1.165, 1.54) is 0 Å². The molecule has 1 aromatic heterocycles. The fraction of sp³-hybridized carbons (Fsp3) is 0.600. The molecule has 1 aliphatic heterocycles. The van der Waals surface area contributed by atoms with Gasteiger partial charge < -0.3 is 15.4 Å². The Morgan fingerprint density at radius 3 is 3.00 bits per heavy atom. The van der Waals surface area contributed by atoms with Crippen molar-refractivity contribution in [3.63, 3.8) is 0 Å². The number of halogens is 1. The molecular weight excluding hydrogens is 290 g/mol. The number of ether oxygens (including phenoxy) is 1. The molecule has 0 saturated carbocycles. The number of rotatable bonds is 6. The van der Waals surface area contributed by atoms with Gasteiger partial charge in [0.1, 0.15) is 11.5 Å². The zero-order chi connectivity index (χ0) is 15.3. The van der Waals surface area contributed by atoms with E-state index in [2.05, 4.69) is 22.5 Å². The van der Waals surface area contributed by atoms with Crippen molar-refractivity contribution in [2.75, 3.05) is 25.0 Å². The fourth-order valence-electron chi connectivity index (χ4n) is 2.28. The normalized spacial score (nSPS) is 21.3. The van der Waals surface area contributed by atoms with Crippen molar-refractivity contribution in [3.05, 3.63) is 22.8 Å². The molecule has 0 spiro atoms. The van der Waals surface area contributed by atoms with Crippen LogP contribution in [0.25, 0.3) is 0 Å². The van der Waals surface area contributed by atoms with Gasteiger partial charge in [-0.3, -0.25) is 4.79 Å². The maximum atomic E-state index is 12.2. The summed E-state index contributed by atoms with van der Waals surface area (Å²) in [5.41, 5.74) is -0.0282. The van der Waals surface area contributed by atoms with Crippen LogP contribution in [0.3, 0.4) is 0 Å². The molecule has 1 saturated heterocycles. The Morgan fingerprint density at radius 1 is 1.52 bits per heavy atom. The molecule has 1 atom stereocenters. The molecule has 2 heterocycles. The van der Waals surface area contributed by atoms with E-state index in [1.54, 1.807) is 12.1 Å². The molecule has 2 N–H and O–H groups in total. The highest BCUT2D eigenvalue weighted by Crippen LogP contribution is 2.24. The van der Waals surface area contributed by atoms with Gasteiger partial charge in [-0.05, 0) is 38.3 Å². The predicted octanol–water partition coefficient (Wildman–Crippen LogP) is 2.86. The topological polar surface area (TPSA) is 63.2 Å². The van der Waals surface area contributed by atoms with E-state index in [9.17, 15) is 4.79 Å². The minimum absolute atomic E-state index is 0.249. The Morgan fingerprint density at radius 2 is 2.33 bits per heavy atom. The Bertz CT molecular complexity index is 502. The minimum atomic E-state index is -0.278. The van der Waals surface area contributed by atoms with Crippen molar-refractivity contribution >= 4 is 23.3 Å². The van der Waals surface area contributed by atoms with Gasteiger partial charge in [-0.15, -0.1) is 0 Å². The lowest BCUT2D eigenvalue weighted by Crippen LogP contribution is -2.40. The molecule has 1 amide bonds. The van der Waals surface area contributed by atoms with Crippen molar-refractivity contribution in [2.45, 2.75) is 38.7 Å². The summed E-state index contributed by atoms with van der Waals surface area (Å²) in [6, 6.07) is 3.46. The Balaban J connectivity index is 2.00. The smallest absolute Gasteiger partial charge is 0.271 e. The van der Waals surface area contributed by atoms with Crippen molar-refractivity contribution < 1.29 is 9.53 Å². The second kappa shape index (κ2) is 7.09. The third-order valence-corrected chi connectivity index (χ3v) is 3.85. The van der Waals surface area contributed by atoms with Crippen LogP contribution in [0.2, 0.25) is 5.02 Å². The van der Waals surface area contributed by atoms with Crippen LogP contribution in [-0.2, 0) is 4.74 Å². The van der Waals surface area contributed by atoms with E-state index >= 15 is 0 Å². The largest absolute Gasteiger partial charge is 0.373 e. The lowest BCUT2D eigenvalue weighted by atomic mass is 10.0. The van der Waals surface area contributed by atoms with Crippen LogP contribution in [0.15, 0.2) is 12.1 Å². The number of hydrogen-bond acceptors (Lipinski definition) is 4. The molecule has 1 aromatic rings. The molecule has 21 heavy (non-hydrogen) atoms. The average molecular weight is 312 g/mol. The molecule has 2 rings (SSSR count). The van der Waals surface area contributed by atoms with E-state index < -0.39 is 0 Å². The summed E-state index contributed by atoms with van der Waals surface area (Å²) >= 11 is 6.07. The third kappa shape index (κ3) is 4.32. The van der Waals surface area contributed by atoms with E-state index in [0.717, 1.165) is 32.4 Å². The van der Waals surface area contributed by atoms with Crippen molar-refractivity contribution in [1.82, 2.24) is 10.3 Å². The number of pyridine rings is 1. The predicted molar refractivity (Wildman–Crippen MR) is 84.0 cm³/mol. The highest BCUT2D eigenvalue weighted by molar-refractivity contribution is 6.33. The lowest BCUT2D eigenvalue weighted by molar-refractivity contribution is 0.0205. The quantitative estimate of drug-likeness (QED) is 0.848. The molecule has 0 aromatic carbocycles. The summed E-state index contributed by atoms with van der Waals surface area (Å²) in [4.78, 5) is 16.5. The summed E-state index contributed by atoms with van der Waals surface area (Å²) in [7, 11) is 0. The van der Waals surface area contributed by atoms with Crippen LogP contribution >= 0.6 is 11.6 Å². The van der Waals surface area contributed by atoms with E-state index in [0.29, 0.717) is 17.4 Å². The van der Waals surface area contributed by atoms with Gasteiger partial charge in [-0.1, -0.05) is 18.5 Å². The highest BCUT2D eigenvalue weighted by Gasteiger charge is 2.30. The van der Waals surface area contributed by atoms with Crippen molar-refractivity contribution in [3.8, 4) is 0 Å². The van der Waals surface area contributed by atoms with Gasteiger partial charge in [0.25, 0.3) is 5.91 Å². The van der Waals surface area contributed by atoms with E-state index in [1.807, 2.05) is 6.92 Å². The van der Waals surface area contributed by atoms with Crippen LogP contribution in [-0.4, -0.2) is 36.2 Å². The summed E-state index contributed by atoms with van der Waals surface area (Å²) < 4.78 is 5.65. The van der Waals surface area contributed by atoms with Crippen LogP contribution in [0.1, 0.15) is 43.6 Å². The number of carbonyl (C=O) groups is 1. The zero-order valence-corrected chi connectivity index (χ0v) is 13.3. The number of aromatic nitrogens is 1. The zero-order valence-electron chi connectivity index (χ0n) is 12.5. The highest BCUT2D eigenvalue weighted by atomic mass is 35.5. The van der Waals surface area contributed by atoms with Crippen LogP contribution < -0.4 is 10.6 Å². The van der Waals surface area contributed by atoms with Crippen LogP contribution in [0, 0.1) is 0 Å². The summed E-state index contributed by atoms with van der Waals surface area (Å²) in [6.07, 6.45) is 2.97. The first-order valence-corrected chi connectivity index (χ1v) is 7.74. The van der Waals surface area contributed by atoms with E-state index in [4.69, 9.17) is 16.3 Å². The number of carbonyl (C=O) groups excluding carboxylic acids is 1. The van der Waals surface area contributed by atoms with Gasteiger partial charge >= 0.3 is 0 Å². The second-order valence-electron chi connectivity index (χ2n) is 5.54. The van der Waals surface area contributed by atoms with Crippen LogP contribution in [0.4, 0.5) is 5.82 Å². The molecule has 1 fully saturated rings. The molecule has 116 valence electrons. The monoisotopic (exact) mass is 311 g/mol. The number of anilines is 1. The first-order valence-electron chi connectivity index (χ1n) is 7.37. The van der Waals surface area contributed by atoms with Gasteiger partial charge in [0.05, 0.1) is 10.6 Å². The molecule has 5 nitrogen and oxygen atoms in total. The first kappa shape index (κ1) is 16.0. The summed E-state index contributed by atoms with van der Waals surface area (Å²) in [6.45, 7) is 6.10. The second-order valence-corrected chi connectivity index (χ2v) is 5.95. The van der Waals surface area contributed by atoms with Gasteiger partial charge in [-0.25, -0.2) is 4.98 Å². The summed E-state index contributed by atoms with van der Waals surface area (Å²) in [5.74, 6) is 0.395. The number of hydrogen-bond donors (Lipinski definition) is 2. The number of amides is 1. The van der Waals surface area contributed by atoms with Crippen molar-refractivity contribution in [1.29, 1.82) is 0 Å². The molecule has 1 unspecified atom stereocenters. The summed E-state index contributed by atoms with van der Waals surface area (Å²) in [5, 5.41) is 6.37. The SMILES string of the molecule is CCCNc1ccc(Cl)c(C(=O)NCC2(C)CCCO2)n1.